The van der Waals surface area contributed by atoms with Crippen LogP contribution in [0.4, 0.5) is 65.9 Å². The van der Waals surface area contributed by atoms with Gasteiger partial charge in [-0.1, -0.05) is 6.58 Å². The summed E-state index contributed by atoms with van der Waals surface area (Å²) in [5.41, 5.74) is 0. The molecule has 0 aliphatic carbocycles. The third-order valence-electron chi connectivity index (χ3n) is 5.01. The molecule has 3 rings (SSSR count). The normalized spacial score (nSPS) is 11.8. The summed E-state index contributed by atoms with van der Waals surface area (Å²) in [5, 5.41) is -8.37. The summed E-state index contributed by atoms with van der Waals surface area (Å²) in [5.74, 6) is -47.6. The molecule has 0 fully saturated rings. The van der Waals surface area contributed by atoms with Crippen LogP contribution in [0.2, 0.25) is 0 Å². The maximum Gasteiger partial charge on any atom is 0.364 e. The largest absolute Gasteiger partial charge is 0.534 e. The molecular weight excluding hydrogens is 581 g/mol. The van der Waals surface area contributed by atoms with Gasteiger partial charge in [0.2, 0.25) is 17.5 Å². The molecule has 0 spiro atoms. The Balaban J connectivity index is 2.91. The number of allylic oxidation sites excluding steroid dienone is 1. The molecule has 0 aliphatic rings. The third kappa shape index (κ3) is 3.81. The summed E-state index contributed by atoms with van der Waals surface area (Å²) in [6, 6.07) is 0. The number of halogens is 15. The highest BCUT2D eigenvalue weighted by molar-refractivity contribution is 7.07. The van der Waals surface area contributed by atoms with Crippen LogP contribution in [0.5, 0.6) is 0 Å². The average Bonchev–Trinajstić information content (AvgIpc) is 2.85. The van der Waals surface area contributed by atoms with Crippen molar-refractivity contribution in [1.82, 2.24) is 0 Å². The first kappa shape index (κ1) is 28.9. The molecule has 0 radical (unpaired) electrons. The molecule has 1 nitrogen and oxygen atoms in total. The van der Waals surface area contributed by atoms with Crippen molar-refractivity contribution in [1.29, 1.82) is 0 Å². The van der Waals surface area contributed by atoms with Crippen LogP contribution in [-0.2, 0) is 4.43 Å². The lowest BCUT2D eigenvalue weighted by Crippen LogP contribution is -2.74. The highest BCUT2D eigenvalue weighted by Crippen LogP contribution is 2.29. The van der Waals surface area contributed by atoms with Crippen molar-refractivity contribution in [3.8, 4) is 0 Å². The van der Waals surface area contributed by atoms with E-state index in [4.69, 9.17) is 0 Å². The molecule has 0 unspecified atom stereocenters. The minimum Gasteiger partial charge on any atom is -0.534 e. The van der Waals surface area contributed by atoms with Crippen molar-refractivity contribution in [2.75, 3.05) is 0 Å². The lowest BCUT2D eigenvalue weighted by atomic mass is 10.3. The van der Waals surface area contributed by atoms with Crippen LogP contribution in [0.3, 0.4) is 0 Å². The summed E-state index contributed by atoms with van der Waals surface area (Å²) in [7, 11) is -7.30. The molecule has 0 saturated heterocycles. The zero-order valence-corrected chi connectivity index (χ0v) is 18.8. The molecule has 3 aromatic rings. The zero-order valence-electron chi connectivity index (χ0n) is 17.8. The Labute approximate surface area is 201 Å². The van der Waals surface area contributed by atoms with Gasteiger partial charge >= 0.3 is 8.32 Å². The van der Waals surface area contributed by atoms with Crippen molar-refractivity contribution in [2.45, 2.75) is 6.92 Å². The summed E-state index contributed by atoms with van der Waals surface area (Å²) in [6.07, 6.45) is 0. The van der Waals surface area contributed by atoms with Gasteiger partial charge in [-0.2, -0.15) is 0 Å². The molecule has 0 aliphatic heterocycles. The van der Waals surface area contributed by atoms with Gasteiger partial charge in [-0.15, -0.1) is 0 Å². The van der Waals surface area contributed by atoms with Crippen LogP contribution >= 0.6 is 0 Å². The van der Waals surface area contributed by atoms with Crippen molar-refractivity contribution in [3.05, 3.63) is 99.6 Å². The molecule has 0 atom stereocenters. The molecule has 0 bridgehead atoms. The summed E-state index contributed by atoms with van der Waals surface area (Å²) in [6.45, 7) is 3.39. The van der Waals surface area contributed by atoms with Crippen LogP contribution in [0.1, 0.15) is 6.92 Å². The molecule has 204 valence electrons. The lowest BCUT2D eigenvalue weighted by molar-refractivity contribution is 0.367. The Morgan fingerprint density at radius 1 is 0.395 bits per heavy atom. The van der Waals surface area contributed by atoms with E-state index < -0.39 is 117 Å². The molecule has 0 saturated carbocycles. The van der Waals surface area contributed by atoms with E-state index in [1.807, 2.05) is 0 Å². The second-order valence-corrected chi connectivity index (χ2v) is 10.4. The SMILES string of the molecule is C=C(C)O[Si](c1c(F)c(F)c(F)c(F)c1F)(c1c(F)c(F)c(F)c(F)c1F)c1c(F)c(F)c(F)c(F)c1F. The van der Waals surface area contributed by atoms with E-state index in [1.165, 1.54) is 0 Å². The van der Waals surface area contributed by atoms with E-state index in [9.17, 15) is 65.9 Å². The van der Waals surface area contributed by atoms with Crippen molar-refractivity contribution in [2.24, 2.45) is 0 Å². The number of hydrogen-bond donors (Lipinski definition) is 0. The van der Waals surface area contributed by atoms with Gasteiger partial charge in [0.15, 0.2) is 69.8 Å². The highest BCUT2D eigenvalue weighted by atomic mass is 28.4. The van der Waals surface area contributed by atoms with Gasteiger partial charge in [-0.3, -0.25) is 0 Å². The maximum absolute atomic E-state index is 15.0. The van der Waals surface area contributed by atoms with Gasteiger partial charge in [0.25, 0.3) is 0 Å². The van der Waals surface area contributed by atoms with E-state index in [2.05, 4.69) is 11.0 Å². The fourth-order valence-corrected chi connectivity index (χ4v) is 7.62. The van der Waals surface area contributed by atoms with Gasteiger partial charge in [0.1, 0.15) is 0 Å². The smallest absolute Gasteiger partial charge is 0.364 e. The number of hydrogen-bond acceptors (Lipinski definition) is 1. The van der Waals surface area contributed by atoms with Crippen LogP contribution in [0, 0.1) is 87.3 Å². The van der Waals surface area contributed by atoms with Gasteiger partial charge in [0, 0.05) is 0 Å². The topological polar surface area (TPSA) is 9.23 Å². The Morgan fingerprint density at radius 2 is 0.553 bits per heavy atom. The van der Waals surface area contributed by atoms with Crippen LogP contribution < -0.4 is 15.6 Å². The van der Waals surface area contributed by atoms with Gasteiger partial charge in [0.05, 0.1) is 21.3 Å². The summed E-state index contributed by atoms with van der Waals surface area (Å²) >= 11 is 0. The van der Waals surface area contributed by atoms with E-state index in [0.29, 0.717) is 6.92 Å². The highest BCUT2D eigenvalue weighted by Gasteiger charge is 2.59. The van der Waals surface area contributed by atoms with E-state index in [-0.39, 0.29) is 0 Å². The molecule has 38 heavy (non-hydrogen) atoms. The first-order valence-electron chi connectivity index (χ1n) is 9.35. The van der Waals surface area contributed by atoms with Crippen LogP contribution in [-0.4, -0.2) is 8.32 Å². The van der Waals surface area contributed by atoms with Crippen molar-refractivity contribution < 1.29 is 70.3 Å². The average molecular weight is 586 g/mol. The van der Waals surface area contributed by atoms with Crippen LogP contribution in [0.25, 0.3) is 0 Å². The van der Waals surface area contributed by atoms with Gasteiger partial charge in [-0.05, 0) is 6.92 Å². The molecule has 0 amide bonds. The lowest BCUT2D eigenvalue weighted by Gasteiger charge is -2.35. The molecular formula is C21H5F15OSi. The van der Waals surface area contributed by atoms with Crippen molar-refractivity contribution in [3.63, 3.8) is 0 Å². The minimum absolute atomic E-state index is 0.520. The summed E-state index contributed by atoms with van der Waals surface area (Å²) in [4.78, 5) is 0. The molecule has 17 heteroatoms. The number of rotatable bonds is 5. The molecule has 0 N–H and O–H groups in total. The second kappa shape index (κ2) is 9.59. The first-order chi connectivity index (χ1) is 17.4. The quantitative estimate of drug-likeness (QED) is 0.0987. The monoisotopic (exact) mass is 586 g/mol. The predicted molar refractivity (Wildman–Crippen MR) is 99.3 cm³/mol. The summed E-state index contributed by atoms with van der Waals surface area (Å²) < 4.78 is 221. The zero-order chi connectivity index (χ0) is 29.2. The fraction of sp³-hybridized carbons (Fsp3) is 0.0476. The number of benzene rings is 3. The maximum atomic E-state index is 15.0. The fourth-order valence-electron chi connectivity index (χ4n) is 3.53. The third-order valence-corrected chi connectivity index (χ3v) is 9.10. The van der Waals surface area contributed by atoms with Crippen molar-refractivity contribution >= 4 is 23.9 Å². The minimum atomic E-state index is -7.30. The van der Waals surface area contributed by atoms with E-state index >= 15 is 0 Å². The first-order valence-corrected chi connectivity index (χ1v) is 11.3. The Bertz CT molecular complexity index is 1280. The van der Waals surface area contributed by atoms with Gasteiger partial charge < -0.3 is 4.43 Å². The van der Waals surface area contributed by atoms with E-state index in [0.717, 1.165) is 0 Å². The standard InChI is InChI=1S/C21H5F15OSi/c1-3(2)37-38(19-13(31)7(25)4(22)8(26)14(19)32,20-15(33)9(27)5(23)10(28)16(20)34)21-17(35)11(29)6(24)12(30)18(21)36/h1H2,2H3. The van der Waals surface area contributed by atoms with E-state index in [1.54, 1.807) is 0 Å². The van der Waals surface area contributed by atoms with Gasteiger partial charge in [-0.25, -0.2) is 65.9 Å². The Kier molecular flexibility index (Phi) is 7.30. The van der Waals surface area contributed by atoms with Crippen LogP contribution in [0.15, 0.2) is 12.3 Å². The predicted octanol–water partition coefficient (Wildman–Crippen LogP) is 5.29. The molecule has 3 aromatic carbocycles. The Morgan fingerprint density at radius 3 is 0.711 bits per heavy atom. The molecule has 0 heterocycles. The Hall–Kier alpha value is -3.63. The molecule has 0 aromatic heterocycles. The second-order valence-electron chi connectivity index (χ2n) is 7.32.